The van der Waals surface area contributed by atoms with E-state index in [2.05, 4.69) is 5.32 Å². The van der Waals surface area contributed by atoms with E-state index in [0.717, 1.165) is 6.42 Å². The van der Waals surface area contributed by atoms with Crippen molar-refractivity contribution in [2.24, 2.45) is 0 Å². The molecule has 1 amide bonds. The number of thioether (sulfide) groups is 1. The second kappa shape index (κ2) is 11.4. The van der Waals surface area contributed by atoms with Crippen LogP contribution in [0.2, 0.25) is 0 Å². The SMILES string of the molecule is CCOC(=O)[C@H](CSC1CCCC1)N[C@@H](C)C(=O)N1CCC[C@H]1C(=O)OC(C)(C)C. The summed E-state index contributed by atoms with van der Waals surface area (Å²) in [4.78, 5) is 39.7. The number of likely N-dealkylation sites (tertiary alicyclic amines) is 1. The molecule has 8 heteroatoms. The van der Waals surface area contributed by atoms with Gasteiger partial charge in [0.1, 0.15) is 17.7 Å². The van der Waals surface area contributed by atoms with Gasteiger partial charge in [-0.25, -0.2) is 4.79 Å². The maximum absolute atomic E-state index is 13.1. The monoisotopic (exact) mass is 442 g/mol. The van der Waals surface area contributed by atoms with Crippen LogP contribution in [0.1, 0.15) is 73.1 Å². The number of nitrogens with zero attached hydrogens (tertiary/aromatic N) is 1. The van der Waals surface area contributed by atoms with Crippen molar-refractivity contribution in [2.75, 3.05) is 18.9 Å². The van der Waals surface area contributed by atoms with E-state index in [4.69, 9.17) is 9.47 Å². The molecule has 0 unspecified atom stereocenters. The Morgan fingerprint density at radius 3 is 2.40 bits per heavy atom. The average molecular weight is 443 g/mol. The Morgan fingerprint density at radius 1 is 1.13 bits per heavy atom. The molecule has 0 aromatic carbocycles. The summed E-state index contributed by atoms with van der Waals surface area (Å²) < 4.78 is 10.7. The van der Waals surface area contributed by atoms with Crippen molar-refractivity contribution in [3.63, 3.8) is 0 Å². The van der Waals surface area contributed by atoms with Crippen LogP contribution in [0.4, 0.5) is 0 Å². The molecule has 1 N–H and O–H groups in total. The Morgan fingerprint density at radius 2 is 1.80 bits per heavy atom. The van der Waals surface area contributed by atoms with Crippen molar-refractivity contribution in [1.82, 2.24) is 10.2 Å². The topological polar surface area (TPSA) is 84.9 Å². The van der Waals surface area contributed by atoms with E-state index in [1.165, 1.54) is 25.7 Å². The zero-order valence-corrected chi connectivity index (χ0v) is 19.9. The van der Waals surface area contributed by atoms with E-state index < -0.39 is 23.7 Å². The van der Waals surface area contributed by atoms with Gasteiger partial charge >= 0.3 is 11.9 Å². The molecule has 0 spiro atoms. The average Bonchev–Trinajstić information content (AvgIpc) is 3.34. The van der Waals surface area contributed by atoms with Crippen LogP contribution in [-0.2, 0) is 23.9 Å². The molecular formula is C22H38N2O5S. The lowest BCUT2D eigenvalue weighted by molar-refractivity contribution is -0.163. The fourth-order valence-electron chi connectivity index (χ4n) is 3.98. The van der Waals surface area contributed by atoms with Crippen molar-refractivity contribution in [2.45, 2.75) is 102 Å². The third kappa shape index (κ3) is 7.45. The van der Waals surface area contributed by atoms with Crippen molar-refractivity contribution in [1.29, 1.82) is 0 Å². The number of hydrogen-bond donors (Lipinski definition) is 1. The Bertz CT molecular complexity index is 601. The molecule has 2 fully saturated rings. The molecule has 0 bridgehead atoms. The molecule has 7 nitrogen and oxygen atoms in total. The lowest BCUT2D eigenvalue weighted by Gasteiger charge is -2.30. The fourth-order valence-corrected chi connectivity index (χ4v) is 5.35. The van der Waals surface area contributed by atoms with Gasteiger partial charge in [0.05, 0.1) is 12.6 Å². The van der Waals surface area contributed by atoms with Crippen LogP contribution in [0.15, 0.2) is 0 Å². The number of carbonyl (C=O) groups is 3. The molecule has 3 atom stereocenters. The first-order chi connectivity index (χ1) is 14.1. The second-order valence-electron chi connectivity index (χ2n) is 9.16. The van der Waals surface area contributed by atoms with Crippen LogP contribution in [0.25, 0.3) is 0 Å². The Balaban J connectivity index is 1.98. The fraction of sp³-hybridized carbons (Fsp3) is 0.864. The maximum Gasteiger partial charge on any atom is 0.329 e. The minimum absolute atomic E-state index is 0.177. The number of nitrogens with one attached hydrogen (secondary N) is 1. The van der Waals surface area contributed by atoms with E-state index in [9.17, 15) is 14.4 Å². The van der Waals surface area contributed by atoms with Crippen LogP contribution in [-0.4, -0.2) is 70.6 Å². The summed E-state index contributed by atoms with van der Waals surface area (Å²) in [6.07, 6.45) is 6.21. The van der Waals surface area contributed by atoms with Crippen LogP contribution in [0, 0.1) is 0 Å². The van der Waals surface area contributed by atoms with E-state index >= 15 is 0 Å². The third-order valence-electron chi connectivity index (χ3n) is 5.41. The molecule has 1 saturated carbocycles. The van der Waals surface area contributed by atoms with Gasteiger partial charge in [-0.2, -0.15) is 11.8 Å². The van der Waals surface area contributed by atoms with Gasteiger partial charge in [0, 0.05) is 17.5 Å². The second-order valence-corrected chi connectivity index (χ2v) is 10.5. The van der Waals surface area contributed by atoms with Crippen LogP contribution >= 0.6 is 11.8 Å². The van der Waals surface area contributed by atoms with Gasteiger partial charge in [-0.3, -0.25) is 14.9 Å². The Hall–Kier alpha value is -1.28. The minimum atomic E-state index is -0.593. The number of hydrogen-bond acceptors (Lipinski definition) is 7. The predicted octanol–water partition coefficient (Wildman–Crippen LogP) is 2.90. The van der Waals surface area contributed by atoms with Crippen LogP contribution in [0.3, 0.4) is 0 Å². The molecule has 172 valence electrons. The lowest BCUT2D eigenvalue weighted by atomic mass is 10.1. The molecule has 2 aliphatic rings. The Kier molecular flexibility index (Phi) is 9.47. The van der Waals surface area contributed by atoms with Gasteiger partial charge < -0.3 is 14.4 Å². The van der Waals surface area contributed by atoms with Crippen molar-refractivity contribution >= 4 is 29.6 Å². The van der Waals surface area contributed by atoms with Gasteiger partial charge in [-0.1, -0.05) is 12.8 Å². The van der Waals surface area contributed by atoms with Gasteiger partial charge in [0.2, 0.25) is 5.91 Å². The highest BCUT2D eigenvalue weighted by molar-refractivity contribution is 8.00. The maximum atomic E-state index is 13.1. The highest BCUT2D eigenvalue weighted by Gasteiger charge is 2.39. The summed E-state index contributed by atoms with van der Waals surface area (Å²) in [5, 5.41) is 3.75. The standard InChI is InChI=1S/C22H38N2O5S/c1-6-28-20(26)17(14-30-16-10-7-8-11-16)23-15(2)19(25)24-13-9-12-18(24)21(27)29-22(3,4)5/h15-18,23H,6-14H2,1-5H3/t15-,17-,18-/m0/s1. The summed E-state index contributed by atoms with van der Waals surface area (Å²) >= 11 is 1.78. The van der Waals surface area contributed by atoms with E-state index in [-0.39, 0.29) is 17.8 Å². The first-order valence-electron chi connectivity index (χ1n) is 11.2. The van der Waals surface area contributed by atoms with Gasteiger partial charge in [0.15, 0.2) is 0 Å². The van der Waals surface area contributed by atoms with Crippen molar-refractivity contribution < 1.29 is 23.9 Å². The molecule has 0 radical (unpaired) electrons. The van der Waals surface area contributed by atoms with Gasteiger partial charge in [-0.15, -0.1) is 0 Å². The molecule has 1 aliphatic carbocycles. The van der Waals surface area contributed by atoms with Crippen LogP contribution < -0.4 is 5.32 Å². The molecule has 0 aromatic heterocycles. The number of amides is 1. The van der Waals surface area contributed by atoms with Gasteiger partial charge in [-0.05, 0) is 60.3 Å². The molecule has 1 saturated heterocycles. The quantitative estimate of drug-likeness (QED) is 0.550. The molecule has 2 rings (SSSR count). The number of rotatable bonds is 9. The first kappa shape index (κ1) is 25.0. The van der Waals surface area contributed by atoms with Gasteiger partial charge in [0.25, 0.3) is 0 Å². The number of esters is 2. The highest BCUT2D eigenvalue weighted by Crippen LogP contribution is 2.30. The zero-order valence-electron chi connectivity index (χ0n) is 19.1. The Labute approximate surface area is 185 Å². The van der Waals surface area contributed by atoms with Crippen molar-refractivity contribution in [3.05, 3.63) is 0 Å². The number of ether oxygens (including phenoxy) is 2. The lowest BCUT2D eigenvalue weighted by Crippen LogP contribution is -2.54. The summed E-state index contributed by atoms with van der Waals surface area (Å²) in [6.45, 7) is 9.82. The number of carbonyl (C=O) groups excluding carboxylic acids is 3. The van der Waals surface area contributed by atoms with Crippen LogP contribution in [0.5, 0.6) is 0 Å². The van der Waals surface area contributed by atoms with Crippen molar-refractivity contribution in [3.8, 4) is 0 Å². The molecule has 1 heterocycles. The smallest absolute Gasteiger partial charge is 0.329 e. The molecule has 30 heavy (non-hydrogen) atoms. The molecular weight excluding hydrogens is 404 g/mol. The van der Waals surface area contributed by atoms with E-state index in [0.29, 0.717) is 30.6 Å². The van der Waals surface area contributed by atoms with E-state index in [1.54, 1.807) is 30.5 Å². The molecule has 0 aromatic rings. The normalized spacial score (nSPS) is 22.0. The summed E-state index contributed by atoms with van der Waals surface area (Å²) in [7, 11) is 0. The predicted molar refractivity (Wildman–Crippen MR) is 118 cm³/mol. The molecule has 1 aliphatic heterocycles. The summed E-state index contributed by atoms with van der Waals surface area (Å²) in [5.74, 6) is -0.285. The summed E-state index contributed by atoms with van der Waals surface area (Å²) in [5.41, 5.74) is -0.593. The zero-order chi connectivity index (χ0) is 22.3. The first-order valence-corrected chi connectivity index (χ1v) is 12.2. The highest BCUT2D eigenvalue weighted by atomic mass is 32.2. The minimum Gasteiger partial charge on any atom is -0.465 e. The largest absolute Gasteiger partial charge is 0.465 e. The summed E-state index contributed by atoms with van der Waals surface area (Å²) in [6, 6.07) is -1.70. The van der Waals surface area contributed by atoms with E-state index in [1.807, 2.05) is 20.8 Å². The third-order valence-corrected chi connectivity index (χ3v) is 6.88.